The van der Waals surface area contributed by atoms with Crippen LogP contribution in [0.5, 0.6) is 0 Å². The van der Waals surface area contributed by atoms with E-state index in [1.54, 1.807) is 11.8 Å². The first-order valence-electron chi connectivity index (χ1n) is 6.48. The third-order valence-electron chi connectivity index (χ3n) is 4.13. The molecule has 0 radical (unpaired) electrons. The van der Waals surface area contributed by atoms with Crippen molar-refractivity contribution >= 4 is 12.3 Å². The van der Waals surface area contributed by atoms with E-state index in [4.69, 9.17) is 0 Å². The lowest BCUT2D eigenvalue weighted by atomic mass is 9.71. The summed E-state index contributed by atoms with van der Waals surface area (Å²) in [7, 11) is 0. The zero-order valence-corrected chi connectivity index (χ0v) is 11.3. The summed E-state index contributed by atoms with van der Waals surface area (Å²) in [6.07, 6.45) is 1.97. The highest BCUT2D eigenvalue weighted by Crippen LogP contribution is 2.38. The van der Waals surface area contributed by atoms with Crippen LogP contribution in [0.2, 0.25) is 0 Å². The first-order valence-corrected chi connectivity index (χ1v) is 6.48. The van der Waals surface area contributed by atoms with Crippen molar-refractivity contribution in [1.29, 1.82) is 0 Å². The zero-order chi connectivity index (χ0) is 13.6. The molecule has 2 amide bonds. The molecule has 1 saturated heterocycles. The Kier molecular flexibility index (Phi) is 3.13. The Hall–Kier alpha value is -1.10. The van der Waals surface area contributed by atoms with Gasteiger partial charge in [0.15, 0.2) is 0 Å². The van der Waals surface area contributed by atoms with Crippen LogP contribution in [0.25, 0.3) is 0 Å². The molecule has 0 aromatic heterocycles. The maximum Gasteiger partial charge on any atom is 0.226 e. The van der Waals surface area contributed by atoms with Gasteiger partial charge in [0.05, 0.1) is 11.1 Å². The average molecular weight is 254 g/mol. The molecule has 2 rings (SSSR count). The van der Waals surface area contributed by atoms with Gasteiger partial charge < -0.3 is 14.9 Å². The topological polar surface area (TPSA) is 60.9 Å². The molecule has 0 aromatic carbocycles. The van der Waals surface area contributed by atoms with Crippen LogP contribution in [-0.4, -0.2) is 58.0 Å². The monoisotopic (exact) mass is 254 g/mol. The number of nitrogens with zero attached hydrogens (tertiary/aromatic N) is 2. The second kappa shape index (κ2) is 4.23. The smallest absolute Gasteiger partial charge is 0.226 e. The van der Waals surface area contributed by atoms with Crippen molar-refractivity contribution in [3.8, 4) is 0 Å². The minimum atomic E-state index is -0.666. The van der Waals surface area contributed by atoms with Crippen LogP contribution < -0.4 is 0 Å². The van der Waals surface area contributed by atoms with Crippen LogP contribution in [0.3, 0.4) is 0 Å². The molecular formula is C13H22N2O3. The lowest BCUT2D eigenvalue weighted by Crippen LogP contribution is -2.62. The van der Waals surface area contributed by atoms with E-state index in [0.717, 1.165) is 6.41 Å². The van der Waals surface area contributed by atoms with Gasteiger partial charge in [0.25, 0.3) is 0 Å². The summed E-state index contributed by atoms with van der Waals surface area (Å²) < 4.78 is 0. The number of rotatable bonds is 2. The Morgan fingerprint density at radius 3 is 2.33 bits per heavy atom. The summed E-state index contributed by atoms with van der Waals surface area (Å²) in [5, 5.41) is 9.69. The number of piperazine rings is 1. The average Bonchev–Trinajstić information content (AvgIpc) is 2.23. The van der Waals surface area contributed by atoms with Gasteiger partial charge in [-0.05, 0) is 33.6 Å². The van der Waals surface area contributed by atoms with Gasteiger partial charge in [0.2, 0.25) is 12.3 Å². The Balaban J connectivity index is 1.96. The summed E-state index contributed by atoms with van der Waals surface area (Å²) in [6.45, 7) is 7.47. The van der Waals surface area contributed by atoms with Crippen molar-refractivity contribution in [1.82, 2.24) is 9.80 Å². The first-order chi connectivity index (χ1) is 8.25. The molecular weight excluding hydrogens is 232 g/mol. The predicted octanol–water partition coefficient (Wildman–Crippen LogP) is 0.227. The van der Waals surface area contributed by atoms with E-state index >= 15 is 0 Å². The number of carbonyl (C=O) groups is 2. The van der Waals surface area contributed by atoms with E-state index in [1.807, 2.05) is 18.7 Å². The van der Waals surface area contributed by atoms with Gasteiger partial charge in [-0.3, -0.25) is 9.59 Å². The molecule has 5 nitrogen and oxygen atoms in total. The largest absolute Gasteiger partial charge is 0.390 e. The molecule has 18 heavy (non-hydrogen) atoms. The van der Waals surface area contributed by atoms with Gasteiger partial charge in [-0.15, -0.1) is 0 Å². The Morgan fingerprint density at radius 2 is 1.89 bits per heavy atom. The molecule has 1 heterocycles. The summed E-state index contributed by atoms with van der Waals surface area (Å²) >= 11 is 0. The number of hydrogen-bond donors (Lipinski definition) is 1. The molecule has 0 spiro atoms. The summed E-state index contributed by atoms with van der Waals surface area (Å²) in [5.74, 6) is 0.0822. The van der Waals surface area contributed by atoms with Crippen LogP contribution in [-0.2, 0) is 9.59 Å². The summed E-state index contributed by atoms with van der Waals surface area (Å²) in [4.78, 5) is 26.8. The minimum Gasteiger partial charge on any atom is -0.390 e. The fraction of sp³-hybridized carbons (Fsp3) is 0.846. The molecule has 0 bridgehead atoms. The van der Waals surface area contributed by atoms with Crippen molar-refractivity contribution in [2.45, 2.75) is 44.8 Å². The SMILES string of the molecule is CC1(O)CC(C(=O)N2CCN(C=O)C(C)(C)C2)C1. The van der Waals surface area contributed by atoms with Crippen molar-refractivity contribution in [3.05, 3.63) is 0 Å². The molecule has 2 aliphatic rings. The van der Waals surface area contributed by atoms with Crippen LogP contribution in [0.1, 0.15) is 33.6 Å². The second-order valence-electron chi connectivity index (χ2n) is 6.47. The molecule has 0 aromatic rings. The third-order valence-corrected chi connectivity index (χ3v) is 4.13. The Morgan fingerprint density at radius 1 is 1.28 bits per heavy atom. The lowest BCUT2D eigenvalue weighted by molar-refractivity contribution is -0.155. The van der Waals surface area contributed by atoms with Gasteiger partial charge in [0, 0.05) is 25.6 Å². The standard InChI is InChI=1S/C13H22N2O3/c1-12(2)8-14(4-5-15(12)9-16)11(17)10-6-13(3,18)7-10/h9-10,18H,4-8H2,1-3H3. The fourth-order valence-electron chi connectivity index (χ4n) is 2.99. The lowest BCUT2D eigenvalue weighted by Gasteiger charge is -2.48. The van der Waals surface area contributed by atoms with Crippen molar-refractivity contribution in [3.63, 3.8) is 0 Å². The van der Waals surface area contributed by atoms with E-state index in [0.29, 0.717) is 32.5 Å². The molecule has 2 fully saturated rings. The van der Waals surface area contributed by atoms with E-state index in [-0.39, 0.29) is 17.4 Å². The van der Waals surface area contributed by atoms with Crippen molar-refractivity contribution in [2.24, 2.45) is 5.92 Å². The normalized spacial score (nSPS) is 35.0. The quantitative estimate of drug-likeness (QED) is 0.717. The van der Waals surface area contributed by atoms with Gasteiger partial charge in [-0.25, -0.2) is 0 Å². The summed E-state index contributed by atoms with van der Waals surface area (Å²) in [5.41, 5.74) is -0.970. The van der Waals surface area contributed by atoms with Gasteiger partial charge in [-0.2, -0.15) is 0 Å². The molecule has 102 valence electrons. The Labute approximate surface area is 108 Å². The van der Waals surface area contributed by atoms with Gasteiger partial charge in [-0.1, -0.05) is 0 Å². The van der Waals surface area contributed by atoms with E-state index in [2.05, 4.69) is 0 Å². The molecule has 1 aliphatic carbocycles. The van der Waals surface area contributed by atoms with Gasteiger partial charge in [0.1, 0.15) is 0 Å². The maximum atomic E-state index is 12.3. The van der Waals surface area contributed by atoms with E-state index in [9.17, 15) is 14.7 Å². The van der Waals surface area contributed by atoms with Gasteiger partial charge >= 0.3 is 0 Å². The second-order valence-corrected chi connectivity index (χ2v) is 6.47. The predicted molar refractivity (Wildman–Crippen MR) is 66.8 cm³/mol. The van der Waals surface area contributed by atoms with Crippen LogP contribution in [0, 0.1) is 5.92 Å². The third kappa shape index (κ3) is 2.36. The first kappa shape index (κ1) is 13.3. The summed E-state index contributed by atoms with van der Waals surface area (Å²) in [6, 6.07) is 0. The molecule has 1 aliphatic heterocycles. The highest BCUT2D eigenvalue weighted by atomic mass is 16.3. The van der Waals surface area contributed by atoms with Crippen LogP contribution >= 0.6 is 0 Å². The van der Waals surface area contributed by atoms with Crippen LogP contribution in [0.4, 0.5) is 0 Å². The number of aliphatic hydroxyl groups is 1. The molecule has 0 unspecified atom stereocenters. The highest BCUT2D eigenvalue weighted by Gasteiger charge is 2.45. The minimum absolute atomic E-state index is 0.0430. The van der Waals surface area contributed by atoms with E-state index in [1.165, 1.54) is 0 Å². The zero-order valence-electron chi connectivity index (χ0n) is 11.3. The maximum absolute atomic E-state index is 12.3. The highest BCUT2D eigenvalue weighted by molar-refractivity contribution is 5.80. The van der Waals surface area contributed by atoms with Crippen molar-refractivity contribution in [2.75, 3.05) is 19.6 Å². The molecule has 0 atom stereocenters. The Bertz CT molecular complexity index is 357. The fourth-order valence-corrected chi connectivity index (χ4v) is 2.99. The number of amides is 2. The molecule has 1 saturated carbocycles. The number of carbonyl (C=O) groups excluding carboxylic acids is 2. The molecule has 5 heteroatoms. The van der Waals surface area contributed by atoms with Crippen LogP contribution in [0.15, 0.2) is 0 Å². The molecule has 1 N–H and O–H groups in total. The van der Waals surface area contributed by atoms with Crippen molar-refractivity contribution < 1.29 is 14.7 Å². The van der Waals surface area contributed by atoms with E-state index < -0.39 is 5.60 Å². The number of hydrogen-bond acceptors (Lipinski definition) is 3.